The van der Waals surface area contributed by atoms with E-state index < -0.39 is 5.41 Å². The number of thiocarbonyl (C=S) groups is 1. The van der Waals surface area contributed by atoms with E-state index in [1.165, 1.54) is 0 Å². The van der Waals surface area contributed by atoms with Crippen LogP contribution in [0.2, 0.25) is 0 Å². The summed E-state index contributed by atoms with van der Waals surface area (Å²) in [6, 6.07) is 5.20. The van der Waals surface area contributed by atoms with Crippen LogP contribution in [0.25, 0.3) is 0 Å². The van der Waals surface area contributed by atoms with E-state index in [0.717, 1.165) is 6.42 Å². The van der Waals surface area contributed by atoms with Crippen LogP contribution in [0, 0.1) is 5.41 Å². The van der Waals surface area contributed by atoms with Crippen molar-refractivity contribution < 1.29 is 14.3 Å². The molecule has 1 fully saturated rings. The van der Waals surface area contributed by atoms with Gasteiger partial charge in [-0.05, 0) is 12.8 Å². The molecule has 0 aromatic heterocycles. The number of hydrogen-bond acceptors (Lipinski definition) is 4. The zero-order valence-electron chi connectivity index (χ0n) is 11.6. The summed E-state index contributed by atoms with van der Waals surface area (Å²) < 4.78 is 10.3. The third kappa shape index (κ3) is 2.56. The van der Waals surface area contributed by atoms with E-state index in [1.807, 2.05) is 0 Å². The van der Waals surface area contributed by atoms with E-state index in [-0.39, 0.29) is 10.9 Å². The molecule has 1 aliphatic rings. The van der Waals surface area contributed by atoms with Crippen molar-refractivity contribution in [3.8, 4) is 11.5 Å². The first-order valence-corrected chi connectivity index (χ1v) is 6.77. The standard InChI is InChI=1S/C14H18N2O3S/c1-18-10-6-9(7-11(8-10)19-2)16-13(17)14(12(15)20)4-3-5-14/h6-8H,3-5H2,1-2H3,(H2,15,20)(H,16,17). The maximum atomic E-state index is 12.4. The van der Waals surface area contributed by atoms with Crippen LogP contribution in [0.1, 0.15) is 19.3 Å². The first-order valence-electron chi connectivity index (χ1n) is 6.36. The minimum absolute atomic E-state index is 0.161. The van der Waals surface area contributed by atoms with Crippen LogP contribution < -0.4 is 20.5 Å². The highest BCUT2D eigenvalue weighted by atomic mass is 32.1. The van der Waals surface area contributed by atoms with Crippen molar-refractivity contribution in [2.75, 3.05) is 19.5 Å². The third-order valence-corrected chi connectivity index (χ3v) is 4.11. The Morgan fingerprint density at radius 1 is 1.25 bits per heavy atom. The van der Waals surface area contributed by atoms with Crippen LogP contribution in [-0.2, 0) is 4.79 Å². The van der Waals surface area contributed by atoms with Gasteiger partial charge in [0.15, 0.2) is 0 Å². The number of ether oxygens (including phenoxy) is 2. The number of anilines is 1. The first-order chi connectivity index (χ1) is 9.51. The van der Waals surface area contributed by atoms with Crippen molar-refractivity contribution in [1.29, 1.82) is 0 Å². The Bertz CT molecular complexity index is 519. The van der Waals surface area contributed by atoms with E-state index in [9.17, 15) is 4.79 Å². The zero-order chi connectivity index (χ0) is 14.8. The highest BCUT2D eigenvalue weighted by Crippen LogP contribution is 2.42. The second kappa shape index (κ2) is 5.66. The summed E-state index contributed by atoms with van der Waals surface area (Å²) in [6.07, 6.45) is 2.37. The van der Waals surface area contributed by atoms with Gasteiger partial charge in [-0.15, -0.1) is 0 Å². The fourth-order valence-corrected chi connectivity index (χ4v) is 2.54. The number of carbonyl (C=O) groups excluding carboxylic acids is 1. The normalized spacial score (nSPS) is 15.9. The largest absolute Gasteiger partial charge is 0.497 e. The summed E-state index contributed by atoms with van der Waals surface area (Å²) in [5.74, 6) is 1.06. The van der Waals surface area contributed by atoms with Crippen LogP contribution in [0.5, 0.6) is 11.5 Å². The lowest BCUT2D eigenvalue weighted by atomic mass is 9.68. The van der Waals surface area contributed by atoms with Gasteiger partial charge in [0.2, 0.25) is 5.91 Å². The number of hydrogen-bond donors (Lipinski definition) is 2. The summed E-state index contributed by atoms with van der Waals surface area (Å²) in [4.78, 5) is 12.7. The Hall–Kier alpha value is -1.82. The van der Waals surface area contributed by atoms with Gasteiger partial charge in [-0.25, -0.2) is 0 Å². The molecule has 1 aromatic carbocycles. The van der Waals surface area contributed by atoms with Gasteiger partial charge >= 0.3 is 0 Å². The average Bonchev–Trinajstić information content (AvgIpc) is 2.36. The van der Waals surface area contributed by atoms with E-state index in [4.69, 9.17) is 27.4 Å². The minimum atomic E-state index is -0.703. The Morgan fingerprint density at radius 2 is 1.80 bits per heavy atom. The predicted molar refractivity (Wildman–Crippen MR) is 81.2 cm³/mol. The second-order valence-electron chi connectivity index (χ2n) is 4.86. The van der Waals surface area contributed by atoms with Gasteiger partial charge < -0.3 is 20.5 Å². The molecule has 108 valence electrons. The number of rotatable bonds is 5. The lowest BCUT2D eigenvalue weighted by Gasteiger charge is -2.39. The third-order valence-electron chi connectivity index (χ3n) is 3.72. The average molecular weight is 294 g/mol. The molecule has 0 spiro atoms. The van der Waals surface area contributed by atoms with Gasteiger partial charge in [0, 0.05) is 23.9 Å². The summed E-state index contributed by atoms with van der Waals surface area (Å²) in [5.41, 5.74) is 5.62. The molecule has 0 saturated heterocycles. The lowest BCUT2D eigenvalue weighted by molar-refractivity contribution is -0.125. The molecule has 2 rings (SSSR count). The minimum Gasteiger partial charge on any atom is -0.497 e. The van der Waals surface area contributed by atoms with E-state index >= 15 is 0 Å². The number of nitrogens with one attached hydrogen (secondary N) is 1. The van der Waals surface area contributed by atoms with Gasteiger partial charge in [0.1, 0.15) is 11.5 Å². The summed E-state index contributed by atoms with van der Waals surface area (Å²) in [7, 11) is 3.12. The van der Waals surface area contributed by atoms with E-state index in [0.29, 0.717) is 30.0 Å². The molecule has 1 aliphatic carbocycles. The van der Waals surface area contributed by atoms with Crippen molar-refractivity contribution in [2.24, 2.45) is 11.1 Å². The number of methoxy groups -OCH3 is 2. The maximum Gasteiger partial charge on any atom is 0.237 e. The van der Waals surface area contributed by atoms with Crippen molar-refractivity contribution in [2.45, 2.75) is 19.3 Å². The van der Waals surface area contributed by atoms with Crippen molar-refractivity contribution in [3.63, 3.8) is 0 Å². The topological polar surface area (TPSA) is 73.6 Å². The predicted octanol–water partition coefficient (Wildman–Crippen LogP) is 2.10. The maximum absolute atomic E-state index is 12.4. The SMILES string of the molecule is COc1cc(NC(=O)C2(C(N)=S)CCC2)cc(OC)c1. The van der Waals surface area contributed by atoms with Crippen LogP contribution >= 0.6 is 12.2 Å². The van der Waals surface area contributed by atoms with E-state index in [1.54, 1.807) is 32.4 Å². The second-order valence-corrected chi connectivity index (χ2v) is 5.30. The summed E-state index contributed by atoms with van der Waals surface area (Å²) in [5, 5.41) is 2.85. The fraction of sp³-hybridized carbons (Fsp3) is 0.429. The Balaban J connectivity index is 2.21. The summed E-state index contributed by atoms with van der Waals surface area (Å²) in [6.45, 7) is 0. The molecule has 0 unspecified atom stereocenters. The Labute approximate surface area is 123 Å². The molecular formula is C14H18N2O3S. The molecular weight excluding hydrogens is 276 g/mol. The number of carbonyl (C=O) groups is 1. The molecule has 6 heteroatoms. The molecule has 0 atom stereocenters. The van der Waals surface area contributed by atoms with Crippen LogP contribution in [-0.4, -0.2) is 25.1 Å². The fourth-order valence-electron chi connectivity index (χ4n) is 2.25. The molecule has 0 radical (unpaired) electrons. The number of nitrogens with two attached hydrogens (primary N) is 1. The Morgan fingerprint density at radius 3 is 2.15 bits per heavy atom. The summed E-state index contributed by atoms with van der Waals surface area (Å²) >= 11 is 5.04. The monoisotopic (exact) mass is 294 g/mol. The van der Waals surface area contributed by atoms with Crippen molar-refractivity contribution in [3.05, 3.63) is 18.2 Å². The zero-order valence-corrected chi connectivity index (χ0v) is 12.4. The quantitative estimate of drug-likeness (QED) is 0.814. The van der Waals surface area contributed by atoms with E-state index in [2.05, 4.69) is 5.32 Å². The molecule has 1 aromatic rings. The smallest absolute Gasteiger partial charge is 0.237 e. The first kappa shape index (κ1) is 14.6. The van der Waals surface area contributed by atoms with Crippen molar-refractivity contribution in [1.82, 2.24) is 0 Å². The van der Waals surface area contributed by atoms with Gasteiger partial charge in [-0.3, -0.25) is 4.79 Å². The van der Waals surface area contributed by atoms with Crippen LogP contribution in [0.3, 0.4) is 0 Å². The number of amides is 1. The molecule has 0 bridgehead atoms. The highest BCUT2D eigenvalue weighted by Gasteiger charge is 2.46. The number of benzene rings is 1. The van der Waals surface area contributed by atoms with Gasteiger partial charge in [0.25, 0.3) is 0 Å². The van der Waals surface area contributed by atoms with Gasteiger partial charge in [0.05, 0.1) is 24.6 Å². The molecule has 3 N–H and O–H groups in total. The van der Waals surface area contributed by atoms with Crippen LogP contribution in [0.15, 0.2) is 18.2 Å². The molecule has 1 amide bonds. The molecule has 5 nitrogen and oxygen atoms in total. The molecule has 0 aliphatic heterocycles. The van der Waals surface area contributed by atoms with Gasteiger partial charge in [-0.2, -0.15) is 0 Å². The van der Waals surface area contributed by atoms with Crippen LogP contribution in [0.4, 0.5) is 5.69 Å². The molecule has 1 saturated carbocycles. The van der Waals surface area contributed by atoms with Crippen molar-refractivity contribution >= 4 is 28.8 Å². The van der Waals surface area contributed by atoms with Gasteiger partial charge in [-0.1, -0.05) is 18.6 Å². The highest BCUT2D eigenvalue weighted by molar-refractivity contribution is 7.80. The molecule has 0 heterocycles. The molecule has 20 heavy (non-hydrogen) atoms. The Kier molecular flexibility index (Phi) is 4.13. The lowest BCUT2D eigenvalue weighted by Crippen LogP contribution is -2.50.